The molecule has 156 valence electrons. The lowest BCUT2D eigenvalue weighted by Crippen LogP contribution is -2.49. The number of carboxylic acid groups (broad SMARTS) is 1. The number of carbonyl (C=O) groups is 1. The number of nitrogens with zero attached hydrogens (tertiary/aromatic N) is 4. The Morgan fingerprint density at radius 3 is 2.61 bits per heavy atom. The molecule has 1 aromatic rings. The molecule has 0 bridgehead atoms. The molecule has 0 saturated carbocycles. The van der Waals surface area contributed by atoms with Crippen molar-refractivity contribution in [3.63, 3.8) is 0 Å². The third kappa shape index (κ3) is 4.56. The third-order valence-electron chi connectivity index (χ3n) is 5.81. The number of piperidine rings is 1. The standard InChI is InChI=1S/C19H27F3N4O2/c1-25(2)15-9-10-26(11-12(15)7-8-16(27)28)18-23-14-6-4-3-5-13(14)17(24-18)19(20,21)22/h12,15H,3-11H2,1-2H3,(H,27,28)/t12-,15+/m0/s1. The van der Waals surface area contributed by atoms with E-state index >= 15 is 0 Å². The van der Waals surface area contributed by atoms with Crippen LogP contribution in [0.4, 0.5) is 19.1 Å². The number of aryl methyl sites for hydroxylation is 1. The first kappa shape index (κ1) is 20.8. The van der Waals surface area contributed by atoms with Crippen LogP contribution < -0.4 is 4.90 Å². The van der Waals surface area contributed by atoms with Gasteiger partial charge in [-0.2, -0.15) is 13.2 Å². The van der Waals surface area contributed by atoms with E-state index in [2.05, 4.69) is 14.9 Å². The molecule has 2 atom stereocenters. The normalized spacial score (nSPS) is 23.0. The van der Waals surface area contributed by atoms with Gasteiger partial charge in [-0.25, -0.2) is 9.97 Å². The van der Waals surface area contributed by atoms with Crippen molar-refractivity contribution < 1.29 is 23.1 Å². The van der Waals surface area contributed by atoms with Crippen molar-refractivity contribution in [2.45, 2.75) is 57.2 Å². The summed E-state index contributed by atoms with van der Waals surface area (Å²) in [6.07, 6.45) is -0.760. The monoisotopic (exact) mass is 400 g/mol. The Morgan fingerprint density at radius 2 is 1.96 bits per heavy atom. The van der Waals surface area contributed by atoms with Gasteiger partial charge >= 0.3 is 12.1 Å². The number of anilines is 1. The number of fused-ring (bicyclic) bond motifs is 1. The van der Waals surface area contributed by atoms with E-state index in [0.717, 1.165) is 19.3 Å². The maximum atomic E-state index is 13.6. The van der Waals surface area contributed by atoms with Crippen LogP contribution in [0.15, 0.2) is 0 Å². The first-order valence-corrected chi connectivity index (χ1v) is 9.77. The first-order chi connectivity index (χ1) is 13.2. The maximum absolute atomic E-state index is 13.6. The van der Waals surface area contributed by atoms with E-state index in [1.54, 1.807) is 4.90 Å². The molecule has 6 nitrogen and oxygen atoms in total. The summed E-state index contributed by atoms with van der Waals surface area (Å²) < 4.78 is 40.8. The Hall–Kier alpha value is -1.90. The molecule has 1 fully saturated rings. The second-order valence-electron chi connectivity index (χ2n) is 7.96. The maximum Gasteiger partial charge on any atom is 0.433 e. The van der Waals surface area contributed by atoms with Gasteiger partial charge in [-0.05, 0) is 58.5 Å². The zero-order valence-electron chi connectivity index (χ0n) is 16.3. The fourth-order valence-electron chi connectivity index (χ4n) is 4.43. The molecule has 0 radical (unpaired) electrons. The molecular formula is C19H27F3N4O2. The molecule has 1 saturated heterocycles. The summed E-state index contributed by atoms with van der Waals surface area (Å²) in [6, 6.07) is 0.190. The summed E-state index contributed by atoms with van der Waals surface area (Å²) in [6.45, 7) is 1.02. The first-order valence-electron chi connectivity index (χ1n) is 9.77. The lowest BCUT2D eigenvalue weighted by atomic mass is 9.87. The zero-order chi connectivity index (χ0) is 20.5. The molecule has 2 aliphatic rings. The van der Waals surface area contributed by atoms with Gasteiger partial charge in [-0.3, -0.25) is 4.79 Å². The number of hydrogen-bond donors (Lipinski definition) is 1. The third-order valence-corrected chi connectivity index (χ3v) is 5.81. The number of carboxylic acids is 1. The van der Waals surface area contributed by atoms with Crippen LogP contribution in [0, 0.1) is 5.92 Å². The highest BCUT2D eigenvalue weighted by Crippen LogP contribution is 2.36. The average Bonchev–Trinajstić information content (AvgIpc) is 2.64. The minimum Gasteiger partial charge on any atom is -0.481 e. The van der Waals surface area contributed by atoms with E-state index in [9.17, 15) is 18.0 Å². The van der Waals surface area contributed by atoms with Crippen LogP contribution in [0.2, 0.25) is 0 Å². The largest absolute Gasteiger partial charge is 0.481 e. The van der Waals surface area contributed by atoms with Gasteiger partial charge in [-0.15, -0.1) is 0 Å². The number of aliphatic carboxylic acids is 1. The van der Waals surface area contributed by atoms with E-state index in [1.165, 1.54) is 0 Å². The molecule has 0 spiro atoms. The van der Waals surface area contributed by atoms with Crippen LogP contribution in [-0.4, -0.2) is 59.2 Å². The van der Waals surface area contributed by atoms with Crippen molar-refractivity contribution in [3.05, 3.63) is 17.0 Å². The van der Waals surface area contributed by atoms with Crippen LogP contribution in [0.5, 0.6) is 0 Å². The van der Waals surface area contributed by atoms with Crippen molar-refractivity contribution in [3.8, 4) is 0 Å². The molecule has 0 amide bonds. The van der Waals surface area contributed by atoms with Gasteiger partial charge < -0.3 is 14.9 Å². The van der Waals surface area contributed by atoms with E-state index in [1.807, 2.05) is 14.1 Å². The van der Waals surface area contributed by atoms with Crippen LogP contribution in [0.1, 0.15) is 49.1 Å². The summed E-state index contributed by atoms with van der Waals surface area (Å²) in [5, 5.41) is 9.03. The Bertz CT molecular complexity index is 724. The molecule has 28 heavy (non-hydrogen) atoms. The Morgan fingerprint density at radius 1 is 1.25 bits per heavy atom. The zero-order valence-corrected chi connectivity index (χ0v) is 16.3. The number of rotatable bonds is 5. The molecule has 0 unspecified atom stereocenters. The molecular weight excluding hydrogens is 373 g/mol. The molecule has 1 aromatic heterocycles. The van der Waals surface area contributed by atoms with Gasteiger partial charge in [0.2, 0.25) is 5.95 Å². The summed E-state index contributed by atoms with van der Waals surface area (Å²) >= 11 is 0. The van der Waals surface area contributed by atoms with Crippen LogP contribution in [-0.2, 0) is 23.8 Å². The molecule has 9 heteroatoms. The molecule has 1 aliphatic heterocycles. The fraction of sp³-hybridized carbons (Fsp3) is 0.737. The Balaban J connectivity index is 1.89. The van der Waals surface area contributed by atoms with Crippen molar-refractivity contribution in [2.75, 3.05) is 32.1 Å². The van der Waals surface area contributed by atoms with E-state index in [-0.39, 0.29) is 29.9 Å². The van der Waals surface area contributed by atoms with Gasteiger partial charge in [0.15, 0.2) is 5.69 Å². The van der Waals surface area contributed by atoms with E-state index in [4.69, 9.17) is 5.11 Å². The number of hydrogen-bond acceptors (Lipinski definition) is 5. The second kappa shape index (κ2) is 8.23. The van der Waals surface area contributed by atoms with Gasteiger partial charge in [0.25, 0.3) is 0 Å². The fourth-order valence-corrected chi connectivity index (χ4v) is 4.43. The van der Waals surface area contributed by atoms with E-state index in [0.29, 0.717) is 38.0 Å². The molecule has 1 aliphatic carbocycles. The minimum atomic E-state index is -4.50. The summed E-state index contributed by atoms with van der Waals surface area (Å²) in [7, 11) is 3.90. The molecule has 1 N–H and O–H groups in total. The smallest absolute Gasteiger partial charge is 0.433 e. The average molecular weight is 400 g/mol. The van der Waals surface area contributed by atoms with Crippen molar-refractivity contribution in [1.82, 2.24) is 14.9 Å². The quantitative estimate of drug-likeness (QED) is 0.820. The summed E-state index contributed by atoms with van der Waals surface area (Å²) in [5.41, 5.74) is -0.0440. The topological polar surface area (TPSA) is 69.6 Å². The second-order valence-corrected chi connectivity index (χ2v) is 7.96. The number of alkyl halides is 3. The van der Waals surface area contributed by atoms with Crippen LogP contribution in [0.25, 0.3) is 0 Å². The van der Waals surface area contributed by atoms with Crippen molar-refractivity contribution in [1.29, 1.82) is 0 Å². The minimum absolute atomic E-state index is 0.0359. The SMILES string of the molecule is CN(C)[C@@H]1CCN(c2nc3c(c(C(F)(F)F)n2)CCCC3)C[C@@H]1CCC(=O)O. The molecule has 2 heterocycles. The Labute approximate surface area is 162 Å². The number of aromatic nitrogens is 2. The van der Waals surface area contributed by atoms with Gasteiger partial charge in [0, 0.05) is 36.8 Å². The van der Waals surface area contributed by atoms with Crippen molar-refractivity contribution >= 4 is 11.9 Å². The molecule has 0 aromatic carbocycles. The highest BCUT2D eigenvalue weighted by molar-refractivity contribution is 5.66. The highest BCUT2D eigenvalue weighted by atomic mass is 19.4. The predicted molar refractivity (Wildman–Crippen MR) is 98.3 cm³/mol. The van der Waals surface area contributed by atoms with Crippen molar-refractivity contribution in [2.24, 2.45) is 5.92 Å². The lowest BCUT2D eigenvalue weighted by Gasteiger charge is -2.42. The highest BCUT2D eigenvalue weighted by Gasteiger charge is 2.39. The van der Waals surface area contributed by atoms with E-state index < -0.39 is 17.8 Å². The Kier molecular flexibility index (Phi) is 6.12. The summed E-state index contributed by atoms with van der Waals surface area (Å²) in [4.78, 5) is 23.3. The summed E-state index contributed by atoms with van der Waals surface area (Å²) in [5.74, 6) is -0.696. The van der Waals surface area contributed by atoms with Gasteiger partial charge in [-0.1, -0.05) is 0 Å². The van der Waals surface area contributed by atoms with Crippen LogP contribution in [0.3, 0.4) is 0 Å². The van der Waals surface area contributed by atoms with Gasteiger partial charge in [0.05, 0.1) is 0 Å². The predicted octanol–water partition coefficient (Wildman–Crippen LogP) is 3.00. The lowest BCUT2D eigenvalue weighted by molar-refractivity contribution is -0.142. The molecule has 3 rings (SSSR count). The van der Waals surface area contributed by atoms with Crippen LogP contribution >= 0.6 is 0 Å². The number of halogens is 3. The van der Waals surface area contributed by atoms with Gasteiger partial charge in [0.1, 0.15) is 0 Å².